The lowest BCUT2D eigenvalue weighted by atomic mass is 10.1. The van der Waals surface area contributed by atoms with E-state index in [0.29, 0.717) is 0 Å². The molecule has 2 aromatic carbocycles. The highest BCUT2D eigenvalue weighted by atomic mass is 79.9. The van der Waals surface area contributed by atoms with Crippen LogP contribution in [-0.4, -0.2) is 13.1 Å². The van der Waals surface area contributed by atoms with Crippen molar-refractivity contribution < 1.29 is 0 Å². The summed E-state index contributed by atoms with van der Waals surface area (Å²) in [6.45, 7) is 4.07. The molecule has 0 amide bonds. The van der Waals surface area contributed by atoms with E-state index in [2.05, 4.69) is 75.5 Å². The average Bonchev–Trinajstić information content (AvgIpc) is 2.38. The molecule has 18 heavy (non-hydrogen) atoms. The number of benzene rings is 2. The second-order valence-electron chi connectivity index (χ2n) is 4.55. The van der Waals surface area contributed by atoms with Crippen molar-refractivity contribution in [3.05, 3.63) is 52.5 Å². The van der Waals surface area contributed by atoms with Gasteiger partial charge in [-0.25, -0.2) is 0 Å². The summed E-state index contributed by atoms with van der Waals surface area (Å²) in [6.07, 6.45) is 0. The zero-order valence-corrected chi connectivity index (χ0v) is 11.9. The first-order valence-corrected chi connectivity index (χ1v) is 6.91. The van der Waals surface area contributed by atoms with Crippen LogP contribution in [0.25, 0.3) is 0 Å². The van der Waals surface area contributed by atoms with E-state index >= 15 is 0 Å². The van der Waals surface area contributed by atoms with E-state index in [1.807, 2.05) is 0 Å². The number of anilines is 3. The molecule has 0 fully saturated rings. The highest BCUT2D eigenvalue weighted by Crippen LogP contribution is 2.38. The Hall–Kier alpha value is -1.48. The Balaban J connectivity index is 2.08. The molecule has 0 atom stereocenters. The van der Waals surface area contributed by atoms with E-state index in [9.17, 15) is 0 Å². The van der Waals surface area contributed by atoms with Gasteiger partial charge in [0.1, 0.15) is 0 Å². The Labute approximate surface area is 116 Å². The van der Waals surface area contributed by atoms with Gasteiger partial charge in [0, 0.05) is 17.6 Å². The van der Waals surface area contributed by atoms with Gasteiger partial charge in [-0.05, 0) is 52.7 Å². The van der Waals surface area contributed by atoms with Crippen molar-refractivity contribution in [3.63, 3.8) is 0 Å². The zero-order chi connectivity index (χ0) is 12.5. The Bertz CT molecular complexity index is 580. The number of aryl methyl sites for hydroxylation is 1. The van der Waals surface area contributed by atoms with Crippen LogP contribution in [0, 0.1) is 6.92 Å². The van der Waals surface area contributed by atoms with Gasteiger partial charge in [-0.2, -0.15) is 0 Å². The number of hydrogen-bond donors (Lipinski definition) is 1. The predicted octanol–water partition coefficient (Wildman–Crippen LogP) is 4.32. The fourth-order valence-electron chi connectivity index (χ4n) is 2.36. The number of halogens is 1. The Morgan fingerprint density at radius 1 is 1.11 bits per heavy atom. The molecule has 2 aromatic rings. The van der Waals surface area contributed by atoms with E-state index in [1.54, 1.807) is 0 Å². The third-order valence-electron chi connectivity index (χ3n) is 3.24. The first-order valence-electron chi connectivity index (χ1n) is 6.12. The van der Waals surface area contributed by atoms with Crippen LogP contribution in [0.3, 0.4) is 0 Å². The quantitative estimate of drug-likeness (QED) is 0.844. The van der Waals surface area contributed by atoms with E-state index in [0.717, 1.165) is 17.6 Å². The second kappa shape index (κ2) is 4.65. The Kier molecular flexibility index (Phi) is 3.00. The van der Waals surface area contributed by atoms with E-state index < -0.39 is 0 Å². The van der Waals surface area contributed by atoms with Gasteiger partial charge in [-0.15, -0.1) is 0 Å². The normalized spacial score (nSPS) is 14.0. The van der Waals surface area contributed by atoms with Gasteiger partial charge >= 0.3 is 0 Å². The molecule has 92 valence electrons. The van der Waals surface area contributed by atoms with Crippen molar-refractivity contribution in [3.8, 4) is 0 Å². The number of para-hydroxylation sites is 2. The molecule has 0 saturated heterocycles. The third kappa shape index (κ3) is 1.99. The lowest BCUT2D eigenvalue weighted by Gasteiger charge is -2.32. The maximum atomic E-state index is 3.67. The molecule has 1 heterocycles. The van der Waals surface area contributed by atoms with Crippen LogP contribution >= 0.6 is 15.9 Å². The topological polar surface area (TPSA) is 15.3 Å². The molecule has 0 bridgehead atoms. The molecular weight excluding hydrogens is 288 g/mol. The Morgan fingerprint density at radius 2 is 1.94 bits per heavy atom. The summed E-state index contributed by atoms with van der Waals surface area (Å²) < 4.78 is 1.15. The molecule has 0 saturated carbocycles. The van der Waals surface area contributed by atoms with Crippen molar-refractivity contribution in [2.75, 3.05) is 23.3 Å². The van der Waals surface area contributed by atoms with E-state index in [1.165, 1.54) is 22.6 Å². The van der Waals surface area contributed by atoms with Gasteiger partial charge in [0.15, 0.2) is 0 Å². The number of hydrogen-bond acceptors (Lipinski definition) is 2. The maximum Gasteiger partial charge on any atom is 0.0647 e. The summed E-state index contributed by atoms with van der Waals surface area (Å²) in [5.41, 5.74) is 4.95. The minimum atomic E-state index is 0.970. The van der Waals surface area contributed by atoms with Gasteiger partial charge in [0.25, 0.3) is 0 Å². The van der Waals surface area contributed by atoms with Crippen molar-refractivity contribution in [1.82, 2.24) is 0 Å². The number of rotatable bonds is 1. The SMILES string of the molecule is Cc1ccc(N2CCNc3ccccc32)c(Br)c1. The van der Waals surface area contributed by atoms with Gasteiger partial charge in [0.2, 0.25) is 0 Å². The number of nitrogens with one attached hydrogen (secondary N) is 1. The fourth-order valence-corrected chi connectivity index (χ4v) is 3.07. The monoisotopic (exact) mass is 302 g/mol. The maximum absolute atomic E-state index is 3.67. The van der Waals surface area contributed by atoms with Crippen molar-refractivity contribution in [2.24, 2.45) is 0 Å². The highest BCUT2D eigenvalue weighted by molar-refractivity contribution is 9.10. The standard InChI is InChI=1S/C15H15BrN2/c1-11-6-7-14(12(16)10-11)18-9-8-17-13-4-2-3-5-15(13)18/h2-7,10,17H,8-9H2,1H3. The van der Waals surface area contributed by atoms with Crippen molar-refractivity contribution in [1.29, 1.82) is 0 Å². The molecule has 2 nitrogen and oxygen atoms in total. The smallest absolute Gasteiger partial charge is 0.0647 e. The summed E-state index contributed by atoms with van der Waals surface area (Å²) >= 11 is 3.67. The molecule has 1 aliphatic rings. The van der Waals surface area contributed by atoms with Gasteiger partial charge < -0.3 is 10.2 Å². The van der Waals surface area contributed by atoms with Crippen molar-refractivity contribution >= 4 is 33.0 Å². The molecule has 1 N–H and O–H groups in total. The minimum absolute atomic E-state index is 0.970. The molecule has 0 aliphatic carbocycles. The average molecular weight is 303 g/mol. The van der Waals surface area contributed by atoms with Crippen LogP contribution in [0.4, 0.5) is 17.1 Å². The van der Waals surface area contributed by atoms with E-state index in [-0.39, 0.29) is 0 Å². The second-order valence-corrected chi connectivity index (χ2v) is 5.40. The molecule has 1 aliphatic heterocycles. The summed E-state index contributed by atoms with van der Waals surface area (Å²) in [4.78, 5) is 2.36. The molecule has 0 unspecified atom stereocenters. The van der Waals surface area contributed by atoms with Crippen LogP contribution in [0.15, 0.2) is 46.9 Å². The van der Waals surface area contributed by atoms with Gasteiger partial charge in [-0.3, -0.25) is 0 Å². The lowest BCUT2D eigenvalue weighted by molar-refractivity contribution is 0.924. The number of nitrogens with zero attached hydrogens (tertiary/aromatic N) is 1. The Morgan fingerprint density at radius 3 is 2.78 bits per heavy atom. The van der Waals surface area contributed by atoms with Gasteiger partial charge in [0.05, 0.1) is 17.1 Å². The fraction of sp³-hybridized carbons (Fsp3) is 0.200. The summed E-state index contributed by atoms with van der Waals surface area (Å²) in [6, 6.07) is 14.9. The molecular formula is C15H15BrN2. The highest BCUT2D eigenvalue weighted by Gasteiger charge is 2.18. The van der Waals surface area contributed by atoms with Crippen LogP contribution < -0.4 is 10.2 Å². The van der Waals surface area contributed by atoms with Crippen LogP contribution in [0.5, 0.6) is 0 Å². The molecule has 0 radical (unpaired) electrons. The first-order chi connectivity index (χ1) is 8.75. The largest absolute Gasteiger partial charge is 0.382 e. The van der Waals surface area contributed by atoms with E-state index in [4.69, 9.17) is 0 Å². The molecule has 0 aromatic heterocycles. The van der Waals surface area contributed by atoms with Crippen LogP contribution in [-0.2, 0) is 0 Å². The molecule has 3 heteroatoms. The third-order valence-corrected chi connectivity index (χ3v) is 3.87. The summed E-state index contributed by atoms with van der Waals surface area (Å²) in [5.74, 6) is 0. The molecule has 0 spiro atoms. The van der Waals surface area contributed by atoms with Crippen LogP contribution in [0.2, 0.25) is 0 Å². The lowest BCUT2D eigenvalue weighted by Crippen LogP contribution is -2.30. The minimum Gasteiger partial charge on any atom is -0.382 e. The van der Waals surface area contributed by atoms with Crippen molar-refractivity contribution in [2.45, 2.75) is 6.92 Å². The molecule has 3 rings (SSSR count). The zero-order valence-electron chi connectivity index (χ0n) is 10.3. The predicted molar refractivity (Wildman–Crippen MR) is 80.8 cm³/mol. The summed E-state index contributed by atoms with van der Waals surface area (Å²) in [5, 5.41) is 3.44. The number of fused-ring (bicyclic) bond motifs is 1. The van der Waals surface area contributed by atoms with Gasteiger partial charge in [-0.1, -0.05) is 18.2 Å². The summed E-state index contributed by atoms with van der Waals surface area (Å²) in [7, 11) is 0. The first kappa shape index (κ1) is 11.6. The van der Waals surface area contributed by atoms with Crippen LogP contribution in [0.1, 0.15) is 5.56 Å².